The summed E-state index contributed by atoms with van der Waals surface area (Å²) in [5, 5.41) is 0.709. The van der Waals surface area contributed by atoms with E-state index in [1.807, 2.05) is 18.7 Å². The fraction of sp³-hybridized carbons (Fsp3) is 0.632. The van der Waals surface area contributed by atoms with Crippen molar-refractivity contribution in [2.75, 3.05) is 32.8 Å². The van der Waals surface area contributed by atoms with Crippen LogP contribution in [0.3, 0.4) is 0 Å². The molecule has 0 unspecified atom stereocenters. The minimum absolute atomic E-state index is 0.00444. The molecular formula is C19H26N4O3S. The molecule has 0 aromatic carbocycles. The molecule has 1 N–H and O–H groups in total. The summed E-state index contributed by atoms with van der Waals surface area (Å²) in [4.78, 5) is 38.9. The summed E-state index contributed by atoms with van der Waals surface area (Å²) in [6.07, 6.45) is 1.55. The summed E-state index contributed by atoms with van der Waals surface area (Å²) >= 11 is 1.57. The number of nitrogens with one attached hydrogen (secondary N) is 1. The molecule has 0 saturated carbocycles. The number of aromatic nitrogens is 2. The number of amides is 1. The van der Waals surface area contributed by atoms with Crippen LogP contribution in [0.1, 0.15) is 42.1 Å². The first kappa shape index (κ1) is 18.6. The second kappa shape index (κ2) is 7.33. The fourth-order valence-electron chi connectivity index (χ4n) is 3.95. The van der Waals surface area contributed by atoms with Crippen LogP contribution in [0.4, 0.5) is 0 Å². The predicted molar refractivity (Wildman–Crippen MR) is 105 cm³/mol. The van der Waals surface area contributed by atoms with E-state index in [4.69, 9.17) is 9.72 Å². The number of carbonyl (C=O) groups excluding carboxylic acids is 1. The molecule has 8 heteroatoms. The number of H-pyrrole nitrogens is 1. The Kier molecular flexibility index (Phi) is 5.05. The number of ether oxygens (including phenoxy) is 1. The molecule has 2 aliphatic rings. The number of aromatic amines is 1. The highest BCUT2D eigenvalue weighted by Gasteiger charge is 2.32. The van der Waals surface area contributed by atoms with E-state index in [9.17, 15) is 9.59 Å². The molecule has 2 aliphatic heterocycles. The molecule has 0 aliphatic carbocycles. The maximum absolute atomic E-state index is 12.5. The second-order valence-corrected chi connectivity index (χ2v) is 8.66. The Bertz CT molecular complexity index is 908. The number of nitrogens with zero attached hydrogens (tertiary/aromatic N) is 3. The molecule has 4 heterocycles. The van der Waals surface area contributed by atoms with Crippen molar-refractivity contribution in [3.05, 3.63) is 26.6 Å². The van der Waals surface area contributed by atoms with Gasteiger partial charge in [0.05, 0.1) is 11.4 Å². The minimum atomic E-state index is -0.250. The molecule has 2 aromatic heterocycles. The normalized spacial score (nSPS) is 22.5. The molecule has 4 rings (SSSR count). The van der Waals surface area contributed by atoms with Crippen molar-refractivity contribution in [3.8, 4) is 0 Å². The second-order valence-electron chi connectivity index (χ2n) is 7.45. The van der Waals surface area contributed by atoms with Gasteiger partial charge in [0.2, 0.25) is 0 Å². The van der Waals surface area contributed by atoms with Crippen molar-refractivity contribution in [2.45, 2.75) is 45.8 Å². The van der Waals surface area contributed by atoms with Crippen molar-refractivity contribution in [1.82, 2.24) is 19.8 Å². The van der Waals surface area contributed by atoms with Crippen LogP contribution >= 0.6 is 11.3 Å². The number of aryl methyl sites for hydroxylation is 2. The molecule has 2 aromatic rings. The molecular weight excluding hydrogens is 364 g/mol. The van der Waals surface area contributed by atoms with Gasteiger partial charge in [-0.3, -0.25) is 14.5 Å². The quantitative estimate of drug-likeness (QED) is 0.867. The van der Waals surface area contributed by atoms with Gasteiger partial charge in [-0.2, -0.15) is 0 Å². The lowest BCUT2D eigenvalue weighted by atomic mass is 10.1. The number of thiophene rings is 1. The zero-order chi connectivity index (χ0) is 19.1. The highest BCUT2D eigenvalue weighted by atomic mass is 32.1. The number of piperazine rings is 1. The molecule has 7 nitrogen and oxygen atoms in total. The Morgan fingerprint density at radius 1 is 1.30 bits per heavy atom. The average molecular weight is 391 g/mol. The average Bonchev–Trinajstić information content (AvgIpc) is 3.29. The minimum Gasteiger partial charge on any atom is -0.368 e. The maximum Gasteiger partial charge on any atom is 0.259 e. The summed E-state index contributed by atoms with van der Waals surface area (Å²) in [5.41, 5.74) is 0.958. The Labute approximate surface area is 162 Å². The van der Waals surface area contributed by atoms with Crippen LogP contribution in [0, 0.1) is 13.8 Å². The predicted octanol–water partition coefficient (Wildman–Crippen LogP) is 1.99. The van der Waals surface area contributed by atoms with Crippen LogP contribution in [0.2, 0.25) is 0 Å². The van der Waals surface area contributed by atoms with Crippen molar-refractivity contribution in [1.29, 1.82) is 0 Å². The summed E-state index contributed by atoms with van der Waals surface area (Å²) in [5.74, 6) is 0.824. The molecule has 2 fully saturated rings. The van der Waals surface area contributed by atoms with Gasteiger partial charge in [0, 0.05) is 37.7 Å². The first-order valence-electron chi connectivity index (χ1n) is 9.60. The Hall–Kier alpha value is -1.77. The SMILES string of the molecule is Cc1sc2nc([C@@H](C)N3CCN(C(=O)[C@@H]4CCCO4)CC3)[nH]c(=O)c2c1C. The summed E-state index contributed by atoms with van der Waals surface area (Å²) in [6, 6.07) is 0.00444. The first-order valence-corrected chi connectivity index (χ1v) is 10.4. The van der Waals surface area contributed by atoms with Crippen LogP contribution in [0.5, 0.6) is 0 Å². The lowest BCUT2D eigenvalue weighted by Gasteiger charge is -2.38. The van der Waals surface area contributed by atoms with Crippen LogP contribution in [-0.2, 0) is 9.53 Å². The van der Waals surface area contributed by atoms with Gasteiger partial charge in [-0.25, -0.2) is 4.98 Å². The zero-order valence-corrected chi connectivity index (χ0v) is 16.9. The summed E-state index contributed by atoms with van der Waals surface area (Å²) in [6.45, 7) is 9.66. The highest BCUT2D eigenvalue weighted by molar-refractivity contribution is 7.18. The Morgan fingerprint density at radius 3 is 2.70 bits per heavy atom. The standard InChI is InChI=1S/C19H26N4O3S/c1-11-13(3)27-18-15(11)17(24)20-16(21-18)12(2)22-6-8-23(9-7-22)19(25)14-5-4-10-26-14/h12,14H,4-10H2,1-3H3,(H,20,21,24)/t12-,14+/m1/s1. The van der Waals surface area contributed by atoms with Gasteiger partial charge in [-0.15, -0.1) is 11.3 Å². The number of hydrogen-bond acceptors (Lipinski definition) is 6. The van der Waals surface area contributed by atoms with E-state index in [2.05, 4.69) is 16.8 Å². The van der Waals surface area contributed by atoms with E-state index in [1.165, 1.54) is 0 Å². The fourth-order valence-corrected chi connectivity index (χ4v) is 4.98. The van der Waals surface area contributed by atoms with Gasteiger partial charge >= 0.3 is 0 Å². The van der Waals surface area contributed by atoms with E-state index in [-0.39, 0.29) is 23.6 Å². The van der Waals surface area contributed by atoms with Gasteiger partial charge < -0.3 is 14.6 Å². The monoisotopic (exact) mass is 390 g/mol. The first-order chi connectivity index (χ1) is 13.0. The largest absolute Gasteiger partial charge is 0.368 e. The van der Waals surface area contributed by atoms with Crippen molar-refractivity contribution < 1.29 is 9.53 Å². The molecule has 146 valence electrons. The van der Waals surface area contributed by atoms with Crippen molar-refractivity contribution in [2.24, 2.45) is 0 Å². The van der Waals surface area contributed by atoms with Gasteiger partial charge in [0.25, 0.3) is 11.5 Å². The lowest BCUT2D eigenvalue weighted by molar-refractivity contribution is -0.143. The van der Waals surface area contributed by atoms with E-state index in [1.54, 1.807) is 11.3 Å². The molecule has 27 heavy (non-hydrogen) atoms. The molecule has 2 atom stereocenters. The van der Waals surface area contributed by atoms with Gasteiger partial charge in [0.15, 0.2) is 0 Å². The van der Waals surface area contributed by atoms with E-state index >= 15 is 0 Å². The highest BCUT2D eigenvalue weighted by Crippen LogP contribution is 2.27. The third-order valence-corrected chi connectivity index (χ3v) is 6.93. The van der Waals surface area contributed by atoms with Gasteiger partial charge in [0.1, 0.15) is 16.8 Å². The number of hydrogen-bond donors (Lipinski definition) is 1. The van der Waals surface area contributed by atoms with E-state index in [0.717, 1.165) is 41.2 Å². The molecule has 0 bridgehead atoms. The molecule has 0 spiro atoms. The van der Waals surface area contributed by atoms with Crippen molar-refractivity contribution in [3.63, 3.8) is 0 Å². The third kappa shape index (κ3) is 3.41. The van der Waals surface area contributed by atoms with Crippen LogP contribution < -0.4 is 5.56 Å². The summed E-state index contributed by atoms with van der Waals surface area (Å²) < 4.78 is 5.52. The van der Waals surface area contributed by atoms with Crippen LogP contribution in [0.25, 0.3) is 10.2 Å². The topological polar surface area (TPSA) is 78.5 Å². The Morgan fingerprint density at radius 2 is 2.04 bits per heavy atom. The molecule has 2 saturated heterocycles. The lowest BCUT2D eigenvalue weighted by Crippen LogP contribution is -2.52. The van der Waals surface area contributed by atoms with Crippen molar-refractivity contribution >= 4 is 27.5 Å². The van der Waals surface area contributed by atoms with Crippen LogP contribution in [-0.4, -0.2) is 64.6 Å². The van der Waals surface area contributed by atoms with Gasteiger partial charge in [-0.05, 0) is 39.2 Å². The van der Waals surface area contributed by atoms with E-state index in [0.29, 0.717) is 30.9 Å². The molecule has 1 amide bonds. The van der Waals surface area contributed by atoms with Gasteiger partial charge in [-0.1, -0.05) is 0 Å². The maximum atomic E-state index is 12.5. The Balaban J connectivity index is 1.46. The smallest absolute Gasteiger partial charge is 0.259 e. The number of carbonyl (C=O) groups is 1. The molecule has 0 radical (unpaired) electrons. The number of rotatable bonds is 3. The van der Waals surface area contributed by atoms with E-state index < -0.39 is 0 Å². The third-order valence-electron chi connectivity index (χ3n) is 5.83. The summed E-state index contributed by atoms with van der Waals surface area (Å²) in [7, 11) is 0. The zero-order valence-electron chi connectivity index (χ0n) is 16.1. The number of fused-ring (bicyclic) bond motifs is 1. The van der Waals surface area contributed by atoms with Crippen LogP contribution in [0.15, 0.2) is 4.79 Å².